The van der Waals surface area contributed by atoms with Gasteiger partial charge in [-0.25, -0.2) is 18.7 Å². The van der Waals surface area contributed by atoms with Crippen LogP contribution in [-0.4, -0.2) is 36.2 Å². The lowest BCUT2D eigenvalue weighted by Gasteiger charge is -2.32. The van der Waals surface area contributed by atoms with Crippen LogP contribution in [-0.2, 0) is 6.54 Å². The molecule has 1 N–H and O–H groups in total. The molecular formula is C22H24F2N4O. The second-order valence-electron chi connectivity index (χ2n) is 7.33. The third-order valence-electron chi connectivity index (χ3n) is 5.49. The molecule has 7 heteroatoms. The van der Waals surface area contributed by atoms with E-state index in [0.717, 1.165) is 48.3 Å². The molecule has 3 aromatic rings. The maximum Gasteiger partial charge on any atom is 0.226 e. The molecule has 1 aliphatic heterocycles. The van der Waals surface area contributed by atoms with E-state index in [1.165, 1.54) is 18.2 Å². The van der Waals surface area contributed by atoms with E-state index in [4.69, 9.17) is 9.72 Å². The molecule has 0 aliphatic carbocycles. The SMILES string of the molecule is COc1ccc2c(C)nc(N3CCC(NCc4c(F)cccc4F)CC3)nc2c1. The second kappa shape index (κ2) is 8.29. The van der Waals surface area contributed by atoms with E-state index in [9.17, 15) is 8.78 Å². The molecule has 0 atom stereocenters. The zero-order valence-electron chi connectivity index (χ0n) is 16.6. The summed E-state index contributed by atoms with van der Waals surface area (Å²) in [4.78, 5) is 11.6. The number of halogens is 2. The molecule has 0 unspecified atom stereocenters. The van der Waals surface area contributed by atoms with E-state index in [1.807, 2.05) is 25.1 Å². The van der Waals surface area contributed by atoms with Crippen LogP contribution in [0, 0.1) is 18.6 Å². The zero-order chi connectivity index (χ0) is 20.4. The molecule has 0 radical (unpaired) electrons. The fourth-order valence-electron chi connectivity index (χ4n) is 3.75. The third kappa shape index (κ3) is 4.15. The maximum absolute atomic E-state index is 13.8. The Hall–Kier alpha value is -2.80. The molecule has 0 amide bonds. The molecular weight excluding hydrogens is 374 g/mol. The number of aryl methyl sites for hydroxylation is 1. The smallest absolute Gasteiger partial charge is 0.226 e. The number of hydrogen-bond acceptors (Lipinski definition) is 5. The summed E-state index contributed by atoms with van der Waals surface area (Å²) >= 11 is 0. The van der Waals surface area contributed by atoms with Crippen molar-refractivity contribution in [2.75, 3.05) is 25.1 Å². The first-order valence-corrected chi connectivity index (χ1v) is 9.79. The van der Waals surface area contributed by atoms with Crippen molar-refractivity contribution in [3.63, 3.8) is 0 Å². The highest BCUT2D eigenvalue weighted by molar-refractivity contribution is 5.83. The van der Waals surface area contributed by atoms with Gasteiger partial charge in [0.15, 0.2) is 0 Å². The number of aromatic nitrogens is 2. The Kier molecular flexibility index (Phi) is 5.58. The monoisotopic (exact) mass is 398 g/mol. The summed E-state index contributed by atoms with van der Waals surface area (Å²) in [7, 11) is 1.64. The molecule has 2 heterocycles. The molecule has 1 fully saturated rings. The van der Waals surface area contributed by atoms with E-state index >= 15 is 0 Å². The lowest BCUT2D eigenvalue weighted by atomic mass is 10.0. The summed E-state index contributed by atoms with van der Waals surface area (Å²) < 4.78 is 32.9. The number of piperidine rings is 1. The molecule has 0 spiro atoms. The number of nitrogens with one attached hydrogen (secondary N) is 1. The first kappa shape index (κ1) is 19.5. The van der Waals surface area contributed by atoms with Crippen LogP contribution in [0.25, 0.3) is 10.9 Å². The van der Waals surface area contributed by atoms with Gasteiger partial charge in [0, 0.05) is 42.7 Å². The van der Waals surface area contributed by atoms with Crippen molar-refractivity contribution in [1.29, 1.82) is 0 Å². The van der Waals surface area contributed by atoms with E-state index in [1.54, 1.807) is 7.11 Å². The first-order chi connectivity index (χ1) is 14.0. The van der Waals surface area contributed by atoms with Gasteiger partial charge in [-0.3, -0.25) is 0 Å². The van der Waals surface area contributed by atoms with Crippen molar-refractivity contribution >= 4 is 16.9 Å². The highest BCUT2D eigenvalue weighted by Gasteiger charge is 2.22. The third-order valence-corrected chi connectivity index (χ3v) is 5.49. The molecule has 2 aromatic carbocycles. The number of fused-ring (bicyclic) bond motifs is 1. The van der Waals surface area contributed by atoms with E-state index in [0.29, 0.717) is 5.95 Å². The predicted octanol–water partition coefficient (Wildman–Crippen LogP) is 3.98. The van der Waals surface area contributed by atoms with Crippen LogP contribution in [0.5, 0.6) is 5.75 Å². The Labute approximate surface area is 168 Å². The summed E-state index contributed by atoms with van der Waals surface area (Å²) in [6.07, 6.45) is 1.71. The van der Waals surface area contributed by atoms with E-state index < -0.39 is 11.6 Å². The lowest BCUT2D eigenvalue weighted by molar-refractivity contribution is 0.403. The van der Waals surface area contributed by atoms with Crippen LogP contribution in [0.15, 0.2) is 36.4 Å². The molecule has 4 rings (SSSR count). The summed E-state index contributed by atoms with van der Waals surface area (Å²) in [6, 6.07) is 9.97. The summed E-state index contributed by atoms with van der Waals surface area (Å²) in [5, 5.41) is 4.30. The van der Waals surface area contributed by atoms with Gasteiger partial charge in [-0.1, -0.05) is 6.07 Å². The van der Waals surface area contributed by atoms with Crippen molar-refractivity contribution in [3.8, 4) is 5.75 Å². The Morgan fingerprint density at radius 3 is 2.52 bits per heavy atom. The van der Waals surface area contributed by atoms with Crippen molar-refractivity contribution in [3.05, 3.63) is 59.3 Å². The van der Waals surface area contributed by atoms with Crippen LogP contribution >= 0.6 is 0 Å². The van der Waals surface area contributed by atoms with Crippen molar-refractivity contribution in [2.45, 2.75) is 32.4 Å². The summed E-state index contributed by atoms with van der Waals surface area (Å²) in [5.41, 5.74) is 1.89. The highest BCUT2D eigenvalue weighted by Crippen LogP contribution is 2.25. The minimum absolute atomic E-state index is 0.0948. The van der Waals surface area contributed by atoms with Crippen molar-refractivity contribution in [1.82, 2.24) is 15.3 Å². The summed E-state index contributed by atoms with van der Waals surface area (Å²) in [5.74, 6) is 0.461. The van der Waals surface area contributed by atoms with Gasteiger partial charge in [-0.15, -0.1) is 0 Å². The number of nitrogens with zero attached hydrogens (tertiary/aromatic N) is 3. The van der Waals surface area contributed by atoms with E-state index in [2.05, 4.69) is 15.2 Å². The molecule has 1 aromatic heterocycles. The number of methoxy groups -OCH3 is 1. The quantitative estimate of drug-likeness (QED) is 0.705. The van der Waals surface area contributed by atoms with Gasteiger partial charge in [0.25, 0.3) is 0 Å². The number of anilines is 1. The number of rotatable bonds is 5. The van der Waals surface area contributed by atoms with Crippen LogP contribution in [0.2, 0.25) is 0 Å². The number of ether oxygens (including phenoxy) is 1. The van der Waals surface area contributed by atoms with E-state index in [-0.39, 0.29) is 18.2 Å². The average Bonchev–Trinajstić information content (AvgIpc) is 2.73. The van der Waals surface area contributed by atoms with Crippen molar-refractivity contribution in [2.24, 2.45) is 0 Å². The fourth-order valence-corrected chi connectivity index (χ4v) is 3.75. The number of benzene rings is 2. The average molecular weight is 398 g/mol. The molecule has 0 bridgehead atoms. The zero-order valence-corrected chi connectivity index (χ0v) is 16.6. The fraction of sp³-hybridized carbons (Fsp3) is 0.364. The molecule has 0 saturated carbocycles. The Morgan fingerprint density at radius 2 is 1.83 bits per heavy atom. The van der Waals surface area contributed by atoms with Gasteiger partial charge in [0.2, 0.25) is 5.95 Å². The maximum atomic E-state index is 13.8. The van der Waals surface area contributed by atoms with Gasteiger partial charge in [0.1, 0.15) is 17.4 Å². The first-order valence-electron chi connectivity index (χ1n) is 9.79. The topological polar surface area (TPSA) is 50.3 Å². The number of hydrogen-bond donors (Lipinski definition) is 1. The standard InChI is InChI=1S/C22H24F2N4O/c1-14-17-7-6-16(29-2)12-21(17)27-22(26-14)28-10-8-15(9-11-28)25-13-18-19(23)4-3-5-20(18)24/h3-7,12,15,25H,8-11,13H2,1-2H3. The normalized spacial score (nSPS) is 15.1. The Morgan fingerprint density at radius 1 is 1.10 bits per heavy atom. The van der Waals surface area contributed by atoms with Crippen LogP contribution in [0.4, 0.5) is 14.7 Å². The van der Waals surface area contributed by atoms with Gasteiger partial charge in [-0.2, -0.15) is 0 Å². The highest BCUT2D eigenvalue weighted by atomic mass is 19.1. The van der Waals surface area contributed by atoms with Gasteiger partial charge in [0.05, 0.1) is 18.3 Å². The molecule has 1 saturated heterocycles. The van der Waals surface area contributed by atoms with Crippen LogP contribution < -0.4 is 15.0 Å². The Bertz CT molecular complexity index is 999. The van der Waals surface area contributed by atoms with Crippen molar-refractivity contribution < 1.29 is 13.5 Å². The largest absolute Gasteiger partial charge is 0.497 e. The van der Waals surface area contributed by atoms with Crippen LogP contribution in [0.3, 0.4) is 0 Å². The lowest BCUT2D eigenvalue weighted by Crippen LogP contribution is -2.43. The summed E-state index contributed by atoms with van der Waals surface area (Å²) in [6.45, 7) is 3.74. The van der Waals surface area contributed by atoms with Gasteiger partial charge >= 0.3 is 0 Å². The Balaban J connectivity index is 1.41. The van der Waals surface area contributed by atoms with Crippen LogP contribution in [0.1, 0.15) is 24.1 Å². The minimum Gasteiger partial charge on any atom is -0.497 e. The molecule has 5 nitrogen and oxygen atoms in total. The molecule has 29 heavy (non-hydrogen) atoms. The molecule has 1 aliphatic rings. The predicted molar refractivity (Wildman–Crippen MR) is 109 cm³/mol. The molecule has 152 valence electrons. The second-order valence-corrected chi connectivity index (χ2v) is 7.33. The van der Waals surface area contributed by atoms with Gasteiger partial charge < -0.3 is 15.0 Å². The minimum atomic E-state index is -0.509. The van der Waals surface area contributed by atoms with Gasteiger partial charge in [-0.05, 0) is 44.0 Å².